The number of nitrogens with zero attached hydrogens (tertiary/aromatic N) is 1. The second-order valence-corrected chi connectivity index (χ2v) is 5.01. The molecule has 18 heavy (non-hydrogen) atoms. The van der Waals surface area contributed by atoms with E-state index < -0.39 is 0 Å². The zero-order valence-corrected chi connectivity index (χ0v) is 11.0. The maximum atomic E-state index is 9.30. The van der Waals surface area contributed by atoms with Crippen LogP contribution in [0.5, 0.6) is 0 Å². The number of anilines is 2. The van der Waals surface area contributed by atoms with Gasteiger partial charge in [-0.1, -0.05) is 6.42 Å². The number of aromatic nitrogens is 1. The fraction of sp³-hybridized carbons (Fsp3) is 0.643. The molecule has 3 N–H and O–H groups in total. The minimum Gasteiger partial charge on any atom is -0.396 e. The molecule has 1 fully saturated rings. The Kier molecular flexibility index (Phi) is 4.81. The number of nitrogens with one attached hydrogen (secondary N) is 2. The lowest BCUT2D eigenvalue weighted by Crippen LogP contribution is -2.20. The predicted molar refractivity (Wildman–Crippen MR) is 74.8 cm³/mol. The first-order valence-electron chi connectivity index (χ1n) is 6.87. The molecule has 1 heterocycles. The van der Waals surface area contributed by atoms with Crippen molar-refractivity contribution in [2.24, 2.45) is 11.8 Å². The van der Waals surface area contributed by atoms with E-state index >= 15 is 0 Å². The highest BCUT2D eigenvalue weighted by Gasteiger charge is 2.26. The van der Waals surface area contributed by atoms with Gasteiger partial charge in [0.2, 0.25) is 0 Å². The summed E-state index contributed by atoms with van der Waals surface area (Å²) in [7, 11) is 0. The van der Waals surface area contributed by atoms with Crippen molar-refractivity contribution >= 4 is 11.4 Å². The summed E-state index contributed by atoms with van der Waals surface area (Å²) in [6.45, 7) is 4.23. The summed E-state index contributed by atoms with van der Waals surface area (Å²) in [5, 5.41) is 16.0. The van der Waals surface area contributed by atoms with Crippen molar-refractivity contribution in [2.45, 2.75) is 26.2 Å². The van der Waals surface area contributed by atoms with Gasteiger partial charge < -0.3 is 15.7 Å². The van der Waals surface area contributed by atoms with Crippen molar-refractivity contribution < 1.29 is 5.11 Å². The van der Waals surface area contributed by atoms with Crippen LogP contribution >= 0.6 is 0 Å². The molecule has 4 heteroatoms. The van der Waals surface area contributed by atoms with E-state index in [-0.39, 0.29) is 0 Å². The Morgan fingerprint density at radius 3 is 2.67 bits per heavy atom. The van der Waals surface area contributed by atoms with Crippen LogP contribution < -0.4 is 10.6 Å². The van der Waals surface area contributed by atoms with Crippen LogP contribution in [0.3, 0.4) is 0 Å². The van der Waals surface area contributed by atoms with E-state index in [9.17, 15) is 5.11 Å². The van der Waals surface area contributed by atoms with Crippen molar-refractivity contribution in [1.82, 2.24) is 4.98 Å². The standard InChI is InChI=1S/C14H23N3O/c1-2-16-13-6-14(9-15-8-13)17-7-11-4-3-5-12(11)10-18/h6,8-9,11-12,16-18H,2-5,7,10H2,1H3. The Hall–Kier alpha value is -1.29. The minimum absolute atomic E-state index is 0.321. The van der Waals surface area contributed by atoms with Gasteiger partial charge in [0, 0.05) is 19.7 Å². The second-order valence-electron chi connectivity index (χ2n) is 5.01. The number of aliphatic hydroxyl groups is 1. The highest BCUT2D eigenvalue weighted by molar-refractivity contribution is 5.53. The summed E-state index contributed by atoms with van der Waals surface area (Å²) in [5.74, 6) is 1.07. The molecule has 0 amide bonds. The zero-order chi connectivity index (χ0) is 12.8. The third-order valence-corrected chi connectivity index (χ3v) is 3.74. The van der Waals surface area contributed by atoms with Crippen molar-refractivity contribution in [2.75, 3.05) is 30.3 Å². The van der Waals surface area contributed by atoms with Crippen LogP contribution in [0, 0.1) is 11.8 Å². The lowest BCUT2D eigenvalue weighted by atomic mass is 9.97. The molecule has 2 rings (SSSR count). The largest absolute Gasteiger partial charge is 0.396 e. The SMILES string of the molecule is CCNc1cncc(NCC2CCCC2CO)c1. The number of hydrogen-bond donors (Lipinski definition) is 3. The topological polar surface area (TPSA) is 57.2 Å². The second kappa shape index (κ2) is 6.59. The van der Waals surface area contributed by atoms with Crippen LogP contribution in [0.4, 0.5) is 11.4 Å². The van der Waals surface area contributed by atoms with E-state index in [1.165, 1.54) is 19.3 Å². The highest BCUT2D eigenvalue weighted by Crippen LogP contribution is 2.31. The third kappa shape index (κ3) is 3.35. The van der Waals surface area contributed by atoms with Crippen LogP contribution in [0.2, 0.25) is 0 Å². The molecule has 2 unspecified atom stereocenters. The van der Waals surface area contributed by atoms with E-state index in [0.717, 1.165) is 24.5 Å². The molecular formula is C14H23N3O. The normalized spacial score (nSPS) is 23.0. The molecule has 1 aromatic heterocycles. The van der Waals surface area contributed by atoms with E-state index in [1.54, 1.807) is 0 Å². The molecule has 0 aliphatic heterocycles. The summed E-state index contributed by atoms with van der Waals surface area (Å²) in [4.78, 5) is 4.21. The van der Waals surface area contributed by atoms with Gasteiger partial charge >= 0.3 is 0 Å². The fourth-order valence-corrected chi connectivity index (χ4v) is 2.71. The maximum absolute atomic E-state index is 9.30. The van der Waals surface area contributed by atoms with Gasteiger partial charge in [-0.2, -0.15) is 0 Å². The van der Waals surface area contributed by atoms with Gasteiger partial charge in [-0.15, -0.1) is 0 Å². The molecule has 0 spiro atoms. The third-order valence-electron chi connectivity index (χ3n) is 3.74. The summed E-state index contributed by atoms with van der Waals surface area (Å²) in [5.41, 5.74) is 2.10. The lowest BCUT2D eigenvalue weighted by molar-refractivity contribution is 0.199. The number of rotatable bonds is 6. The average molecular weight is 249 g/mol. The van der Waals surface area contributed by atoms with E-state index in [4.69, 9.17) is 0 Å². The Morgan fingerprint density at radius 2 is 1.94 bits per heavy atom. The van der Waals surface area contributed by atoms with Gasteiger partial charge in [0.05, 0.1) is 23.8 Å². The lowest BCUT2D eigenvalue weighted by Gasteiger charge is -2.18. The number of hydrogen-bond acceptors (Lipinski definition) is 4. The average Bonchev–Trinajstić information content (AvgIpc) is 2.84. The first-order chi connectivity index (χ1) is 8.83. The molecule has 4 nitrogen and oxygen atoms in total. The molecular weight excluding hydrogens is 226 g/mol. The Morgan fingerprint density at radius 1 is 1.22 bits per heavy atom. The predicted octanol–water partition coefficient (Wildman–Crippen LogP) is 2.33. The Bertz CT molecular complexity index is 370. The van der Waals surface area contributed by atoms with E-state index in [2.05, 4.69) is 28.6 Å². The molecule has 2 atom stereocenters. The minimum atomic E-state index is 0.321. The van der Waals surface area contributed by atoms with Gasteiger partial charge in [-0.3, -0.25) is 4.98 Å². The monoisotopic (exact) mass is 249 g/mol. The Labute approximate surface area is 109 Å². The molecule has 1 aromatic rings. The van der Waals surface area contributed by atoms with Crippen LogP contribution in [0.25, 0.3) is 0 Å². The summed E-state index contributed by atoms with van der Waals surface area (Å²) >= 11 is 0. The van der Waals surface area contributed by atoms with Gasteiger partial charge in [0.15, 0.2) is 0 Å². The molecule has 0 saturated heterocycles. The van der Waals surface area contributed by atoms with Gasteiger partial charge in [0.1, 0.15) is 0 Å². The van der Waals surface area contributed by atoms with Crippen LogP contribution in [0.15, 0.2) is 18.5 Å². The van der Waals surface area contributed by atoms with Crippen LogP contribution in [0.1, 0.15) is 26.2 Å². The zero-order valence-electron chi connectivity index (χ0n) is 11.0. The first-order valence-corrected chi connectivity index (χ1v) is 6.87. The van der Waals surface area contributed by atoms with Crippen LogP contribution in [-0.2, 0) is 0 Å². The van der Waals surface area contributed by atoms with Crippen molar-refractivity contribution in [1.29, 1.82) is 0 Å². The fourth-order valence-electron chi connectivity index (χ4n) is 2.71. The quantitative estimate of drug-likeness (QED) is 0.724. The smallest absolute Gasteiger partial charge is 0.0547 e. The van der Waals surface area contributed by atoms with Gasteiger partial charge in [-0.05, 0) is 37.7 Å². The van der Waals surface area contributed by atoms with E-state index in [1.807, 2.05) is 12.4 Å². The summed E-state index contributed by atoms with van der Waals surface area (Å²) in [6, 6.07) is 2.08. The van der Waals surface area contributed by atoms with Crippen molar-refractivity contribution in [3.63, 3.8) is 0 Å². The molecule has 0 bridgehead atoms. The van der Waals surface area contributed by atoms with Gasteiger partial charge in [0.25, 0.3) is 0 Å². The molecule has 0 radical (unpaired) electrons. The Balaban J connectivity index is 1.87. The van der Waals surface area contributed by atoms with Crippen molar-refractivity contribution in [3.8, 4) is 0 Å². The molecule has 1 aliphatic carbocycles. The highest BCUT2D eigenvalue weighted by atomic mass is 16.3. The molecule has 0 aromatic carbocycles. The number of pyridine rings is 1. The molecule has 1 saturated carbocycles. The first kappa shape index (κ1) is 13.1. The number of aliphatic hydroxyl groups excluding tert-OH is 1. The summed E-state index contributed by atoms with van der Waals surface area (Å²) < 4.78 is 0. The molecule has 100 valence electrons. The molecule has 1 aliphatic rings. The summed E-state index contributed by atoms with van der Waals surface area (Å²) in [6.07, 6.45) is 7.31. The van der Waals surface area contributed by atoms with E-state index in [0.29, 0.717) is 18.4 Å². The van der Waals surface area contributed by atoms with Crippen molar-refractivity contribution in [3.05, 3.63) is 18.5 Å². The van der Waals surface area contributed by atoms with Gasteiger partial charge in [-0.25, -0.2) is 0 Å². The maximum Gasteiger partial charge on any atom is 0.0547 e. The van der Waals surface area contributed by atoms with Crippen LogP contribution in [-0.4, -0.2) is 29.8 Å².